The molecule has 2 aromatic carbocycles. The van der Waals surface area contributed by atoms with Crippen LogP contribution in [0.2, 0.25) is 0 Å². The minimum atomic E-state index is -0.395. The van der Waals surface area contributed by atoms with Crippen LogP contribution in [0.1, 0.15) is 35.7 Å². The highest BCUT2D eigenvalue weighted by Gasteiger charge is 2.40. The van der Waals surface area contributed by atoms with Crippen LogP contribution >= 0.6 is 0 Å². The Kier molecular flexibility index (Phi) is 5.76. The fraction of sp³-hybridized carbons (Fsp3) is 0.400. The summed E-state index contributed by atoms with van der Waals surface area (Å²) in [6, 6.07) is 15.8. The molecule has 0 saturated carbocycles. The van der Waals surface area contributed by atoms with Crippen molar-refractivity contribution >= 4 is 17.0 Å². The van der Waals surface area contributed by atoms with E-state index in [1.165, 1.54) is 16.6 Å². The van der Waals surface area contributed by atoms with Gasteiger partial charge in [-0.2, -0.15) is 5.06 Å². The van der Waals surface area contributed by atoms with Gasteiger partial charge in [0.25, 0.3) is 0 Å². The van der Waals surface area contributed by atoms with Gasteiger partial charge in [0.05, 0.1) is 25.8 Å². The number of carbonyl (C=O) groups is 1. The van der Waals surface area contributed by atoms with Crippen LogP contribution in [0.4, 0.5) is 4.79 Å². The highest BCUT2D eigenvalue weighted by atomic mass is 16.7. The lowest BCUT2D eigenvalue weighted by atomic mass is 9.92. The fourth-order valence-electron chi connectivity index (χ4n) is 5.03. The molecule has 1 saturated heterocycles. The van der Waals surface area contributed by atoms with Crippen molar-refractivity contribution in [1.29, 1.82) is 0 Å². The summed E-state index contributed by atoms with van der Waals surface area (Å²) < 4.78 is 13.2. The molecule has 2 atom stereocenters. The number of nitrogens with zero attached hydrogens (tertiary/aromatic N) is 2. The van der Waals surface area contributed by atoms with Crippen molar-refractivity contribution in [2.45, 2.75) is 38.0 Å². The Bertz CT molecular complexity index is 1110. The molecular formula is C25H29N3O4. The zero-order valence-corrected chi connectivity index (χ0v) is 18.5. The molecule has 3 aromatic rings. The van der Waals surface area contributed by atoms with E-state index in [-0.39, 0.29) is 18.7 Å². The minimum absolute atomic E-state index is 0.0751. The number of methoxy groups -OCH3 is 1. The second kappa shape index (κ2) is 8.84. The van der Waals surface area contributed by atoms with Crippen molar-refractivity contribution in [2.24, 2.45) is 7.05 Å². The maximum atomic E-state index is 12.7. The van der Waals surface area contributed by atoms with Crippen molar-refractivity contribution in [3.63, 3.8) is 0 Å². The highest BCUT2D eigenvalue weighted by molar-refractivity contribution is 5.87. The number of hydrogen-bond acceptors (Lipinski definition) is 5. The summed E-state index contributed by atoms with van der Waals surface area (Å²) in [7, 11) is 3.78. The second-order valence-electron chi connectivity index (χ2n) is 8.43. The summed E-state index contributed by atoms with van der Waals surface area (Å²) >= 11 is 0. The topological polar surface area (TPSA) is 65.0 Å². The molecule has 0 spiro atoms. The van der Waals surface area contributed by atoms with Gasteiger partial charge in [0, 0.05) is 30.2 Å². The molecule has 1 N–H and O–H groups in total. The highest BCUT2D eigenvalue weighted by Crippen LogP contribution is 2.41. The Labute approximate surface area is 187 Å². The maximum Gasteiger partial charge on any atom is 0.407 e. The van der Waals surface area contributed by atoms with Crippen molar-refractivity contribution in [3.8, 4) is 5.75 Å². The molecule has 3 heterocycles. The van der Waals surface area contributed by atoms with Crippen molar-refractivity contribution in [1.82, 2.24) is 14.9 Å². The number of carbonyl (C=O) groups excluding carboxylic acids is 1. The number of benzene rings is 2. The molecule has 5 rings (SSSR count). The van der Waals surface area contributed by atoms with E-state index in [9.17, 15) is 4.79 Å². The molecule has 1 amide bonds. The third kappa shape index (κ3) is 3.82. The van der Waals surface area contributed by atoms with E-state index in [1.807, 2.05) is 41.5 Å². The smallest absolute Gasteiger partial charge is 0.407 e. The van der Waals surface area contributed by atoms with Crippen LogP contribution in [-0.4, -0.2) is 42.0 Å². The van der Waals surface area contributed by atoms with Crippen LogP contribution in [-0.2, 0) is 29.6 Å². The summed E-state index contributed by atoms with van der Waals surface area (Å²) in [6.07, 6.45) is 2.20. The number of aromatic nitrogens is 1. The first kappa shape index (κ1) is 20.8. The second-order valence-corrected chi connectivity index (χ2v) is 8.43. The molecule has 32 heavy (non-hydrogen) atoms. The molecule has 2 aliphatic rings. The first-order chi connectivity index (χ1) is 15.7. The summed E-state index contributed by atoms with van der Waals surface area (Å²) in [5.41, 5.74) is 4.62. The summed E-state index contributed by atoms with van der Waals surface area (Å²) in [5, 5.41) is 6.40. The van der Waals surface area contributed by atoms with Crippen LogP contribution in [0.3, 0.4) is 0 Å². The summed E-state index contributed by atoms with van der Waals surface area (Å²) in [5.74, 6) is 0.851. The van der Waals surface area contributed by atoms with E-state index in [0.29, 0.717) is 6.61 Å². The predicted octanol–water partition coefficient (Wildman–Crippen LogP) is 4.11. The molecular weight excluding hydrogens is 406 g/mol. The third-order valence-corrected chi connectivity index (χ3v) is 6.55. The quantitative estimate of drug-likeness (QED) is 0.668. The van der Waals surface area contributed by atoms with E-state index >= 15 is 0 Å². The maximum absolute atomic E-state index is 12.7. The number of hydroxylamine groups is 2. The van der Waals surface area contributed by atoms with Gasteiger partial charge in [-0.1, -0.05) is 30.3 Å². The van der Waals surface area contributed by atoms with Gasteiger partial charge >= 0.3 is 6.09 Å². The molecule has 0 unspecified atom stereocenters. The molecule has 1 aromatic heterocycles. The molecule has 7 nitrogen and oxygen atoms in total. The molecule has 0 radical (unpaired) electrons. The number of alkyl carbamates (subject to hydrolysis) is 1. The van der Waals surface area contributed by atoms with E-state index in [0.717, 1.165) is 42.6 Å². The molecule has 0 bridgehead atoms. The Hall–Kier alpha value is -3.03. The normalized spacial score (nSPS) is 20.8. The number of rotatable bonds is 4. The zero-order chi connectivity index (χ0) is 22.1. The van der Waals surface area contributed by atoms with Crippen LogP contribution in [0.15, 0.2) is 48.5 Å². The summed E-state index contributed by atoms with van der Waals surface area (Å²) in [4.78, 5) is 18.8. The average Bonchev–Trinajstić information content (AvgIpc) is 2.96. The number of fused-ring (bicyclic) bond motifs is 5. The van der Waals surface area contributed by atoms with Crippen LogP contribution in [0.25, 0.3) is 10.9 Å². The zero-order valence-electron chi connectivity index (χ0n) is 18.5. The largest absolute Gasteiger partial charge is 0.497 e. The van der Waals surface area contributed by atoms with Gasteiger partial charge in [-0.05, 0) is 48.6 Å². The Morgan fingerprint density at radius 3 is 2.88 bits per heavy atom. The van der Waals surface area contributed by atoms with Crippen LogP contribution in [0.5, 0.6) is 5.75 Å². The van der Waals surface area contributed by atoms with Crippen molar-refractivity contribution in [2.75, 3.05) is 20.3 Å². The lowest BCUT2D eigenvalue weighted by Gasteiger charge is -2.38. The van der Waals surface area contributed by atoms with E-state index in [2.05, 4.69) is 29.1 Å². The van der Waals surface area contributed by atoms with Crippen LogP contribution in [0, 0.1) is 0 Å². The number of aryl methyl sites for hydroxylation is 1. The number of amides is 1. The van der Waals surface area contributed by atoms with Gasteiger partial charge in [0.2, 0.25) is 0 Å². The predicted molar refractivity (Wildman–Crippen MR) is 121 cm³/mol. The third-order valence-electron chi connectivity index (χ3n) is 6.55. The van der Waals surface area contributed by atoms with Gasteiger partial charge in [-0.25, -0.2) is 4.79 Å². The number of nitrogens with one attached hydrogen (secondary N) is 1. The Morgan fingerprint density at radius 1 is 1.22 bits per heavy atom. The number of hydrogen-bond donors (Lipinski definition) is 1. The van der Waals surface area contributed by atoms with Gasteiger partial charge in [-0.3, -0.25) is 4.84 Å². The average molecular weight is 436 g/mol. The summed E-state index contributed by atoms with van der Waals surface area (Å²) in [6.45, 7) is 1.69. The SMILES string of the molecule is COc1ccc2c(c1)c1c(n2C)[C@@H]2[C@H](NC(=O)OCc3ccccc3)CCCON2CC1. The van der Waals surface area contributed by atoms with Gasteiger partial charge in [-0.15, -0.1) is 0 Å². The van der Waals surface area contributed by atoms with E-state index < -0.39 is 6.09 Å². The van der Waals surface area contributed by atoms with Crippen molar-refractivity contribution in [3.05, 3.63) is 65.4 Å². The first-order valence-electron chi connectivity index (χ1n) is 11.2. The van der Waals surface area contributed by atoms with Gasteiger partial charge < -0.3 is 19.4 Å². The first-order valence-corrected chi connectivity index (χ1v) is 11.2. The molecule has 168 valence electrons. The molecule has 7 heteroatoms. The Balaban J connectivity index is 1.44. The van der Waals surface area contributed by atoms with Crippen molar-refractivity contribution < 1.29 is 19.1 Å². The van der Waals surface area contributed by atoms with Gasteiger partial charge in [0.1, 0.15) is 12.4 Å². The Morgan fingerprint density at radius 2 is 2.06 bits per heavy atom. The molecule has 1 fully saturated rings. The van der Waals surface area contributed by atoms with Gasteiger partial charge in [0.15, 0.2) is 0 Å². The molecule has 2 aliphatic heterocycles. The number of ether oxygens (including phenoxy) is 2. The van der Waals surface area contributed by atoms with E-state index in [1.54, 1.807) is 7.11 Å². The monoisotopic (exact) mass is 435 g/mol. The molecule has 0 aliphatic carbocycles. The lowest BCUT2D eigenvalue weighted by molar-refractivity contribution is -0.188. The minimum Gasteiger partial charge on any atom is -0.497 e. The van der Waals surface area contributed by atoms with E-state index in [4.69, 9.17) is 14.3 Å². The van der Waals surface area contributed by atoms with Crippen LogP contribution < -0.4 is 10.1 Å². The fourth-order valence-corrected chi connectivity index (χ4v) is 5.03. The lowest BCUT2D eigenvalue weighted by Crippen LogP contribution is -2.48. The standard InChI is InChI=1S/C25H29N3O4/c1-27-22-11-10-18(30-2)15-20(22)19-12-13-28-24(23(19)27)21(9-6-14-32-28)26-25(29)31-16-17-7-4-3-5-8-17/h3-5,7-8,10-11,15,21,24H,6,9,12-14,16H2,1-2H3,(H,26,29)/t21-,24+/m1/s1.